The quantitative estimate of drug-likeness (QED) is 0.0940. The maximum absolute atomic E-state index is 5.62. The van der Waals surface area contributed by atoms with Gasteiger partial charge >= 0.3 is 53.5 Å². The molecule has 0 spiro atoms. The molecule has 0 bridgehead atoms. The Hall–Kier alpha value is -4.30. The first-order valence-electron chi connectivity index (χ1n) is 19.5. The molecule has 276 valence electrons. The van der Waals surface area contributed by atoms with E-state index in [2.05, 4.69) is 197 Å². The minimum absolute atomic E-state index is 0.224. The van der Waals surface area contributed by atoms with Crippen LogP contribution in [0.2, 0.25) is 13.1 Å². The third kappa shape index (κ3) is 7.70. The van der Waals surface area contributed by atoms with E-state index >= 15 is 0 Å². The molecule has 0 aromatic heterocycles. The number of rotatable bonds is 4. The zero-order chi connectivity index (χ0) is 38.8. The fourth-order valence-electron chi connectivity index (χ4n) is 8.05. The second kappa shape index (κ2) is 17.1. The van der Waals surface area contributed by atoms with Crippen LogP contribution < -0.4 is 0 Å². The predicted octanol–water partition coefficient (Wildman–Crippen LogP) is 16.4. The first-order valence-corrected chi connectivity index (χ1v) is 32.0. The Bertz CT molecular complexity index is 2730. The summed E-state index contributed by atoms with van der Waals surface area (Å²) in [7, 11) is 11.2. The van der Waals surface area contributed by atoms with Gasteiger partial charge in [0.15, 0.2) is 0 Å². The van der Waals surface area contributed by atoms with Crippen LogP contribution in [0.5, 0.6) is 0 Å². The van der Waals surface area contributed by atoms with Crippen LogP contribution in [-0.4, -0.2) is 5.43 Å². The Morgan fingerprint density at radius 2 is 0.750 bits per heavy atom. The summed E-state index contributed by atoms with van der Waals surface area (Å²) < 4.78 is 0. The minimum atomic E-state index is -1.65. The molecule has 10 aromatic rings. The van der Waals surface area contributed by atoms with Crippen molar-refractivity contribution in [2.75, 3.05) is 0 Å². The molecule has 56 heavy (non-hydrogen) atoms. The van der Waals surface area contributed by atoms with Crippen molar-refractivity contribution in [2.24, 2.45) is 0 Å². The van der Waals surface area contributed by atoms with Gasteiger partial charge in [-0.25, -0.2) is 0 Å². The fraction of sp³-hybridized carbons (Fsp3) is 0.115. The van der Waals surface area contributed by atoms with E-state index in [1.807, 2.05) is 0 Å². The number of hydrogen-bond donors (Lipinski definition) is 0. The van der Waals surface area contributed by atoms with E-state index in [-0.39, 0.29) is 5.43 Å². The van der Waals surface area contributed by atoms with E-state index in [0.29, 0.717) is 0 Å². The first-order chi connectivity index (χ1) is 27.3. The Morgan fingerprint density at radius 1 is 0.429 bits per heavy atom. The summed E-state index contributed by atoms with van der Waals surface area (Å²) >= 11 is -1.65. The molecular formula is C52H44Cl2SiZr-2. The van der Waals surface area contributed by atoms with E-state index < -0.39 is 18.0 Å². The summed E-state index contributed by atoms with van der Waals surface area (Å²) in [6.07, 6.45) is 2.15. The molecule has 0 saturated heterocycles. The SMILES string of the molecule is CCc1cc2c(-c3c4ccccc4cc4ccccc34)cccc2[cH-]1.CCc1cc2c(-c3c4ccccc4cc4ccccc34)cccc2[cH-]1.C[Si](C)=[Zr]([Cl])[Cl]. The maximum atomic E-state index is 5.62. The third-order valence-electron chi connectivity index (χ3n) is 10.9. The van der Waals surface area contributed by atoms with E-state index in [1.165, 1.54) is 98.0 Å². The molecule has 0 atom stereocenters. The average molecular weight is 859 g/mol. The summed E-state index contributed by atoms with van der Waals surface area (Å²) in [5.74, 6) is 0. The van der Waals surface area contributed by atoms with Crippen molar-refractivity contribution >= 4 is 87.1 Å². The molecule has 0 N–H and O–H groups in total. The van der Waals surface area contributed by atoms with Gasteiger partial charge in [0.2, 0.25) is 0 Å². The Morgan fingerprint density at radius 3 is 1.05 bits per heavy atom. The first kappa shape index (κ1) is 38.6. The van der Waals surface area contributed by atoms with Gasteiger partial charge in [-0.3, -0.25) is 0 Å². The van der Waals surface area contributed by atoms with Gasteiger partial charge in [0.1, 0.15) is 0 Å². The van der Waals surface area contributed by atoms with E-state index in [9.17, 15) is 0 Å². The van der Waals surface area contributed by atoms with Crippen LogP contribution in [0.3, 0.4) is 0 Å². The zero-order valence-corrected chi connectivity index (χ0v) is 37.3. The predicted molar refractivity (Wildman–Crippen MR) is 248 cm³/mol. The summed E-state index contributed by atoms with van der Waals surface area (Å²) in [5.41, 5.74) is 7.98. The summed E-state index contributed by atoms with van der Waals surface area (Å²) in [6.45, 7) is 8.78. The number of fused-ring (bicyclic) bond motifs is 6. The molecule has 0 radical (unpaired) electrons. The second-order valence-electron chi connectivity index (χ2n) is 14.7. The van der Waals surface area contributed by atoms with Crippen molar-refractivity contribution in [2.45, 2.75) is 39.8 Å². The molecule has 0 heterocycles. The van der Waals surface area contributed by atoms with Gasteiger partial charge < -0.3 is 0 Å². The third-order valence-corrected chi connectivity index (χ3v) is 30.6. The van der Waals surface area contributed by atoms with Crippen molar-refractivity contribution in [1.29, 1.82) is 0 Å². The fourth-order valence-corrected chi connectivity index (χ4v) is 8.05. The van der Waals surface area contributed by atoms with Gasteiger partial charge in [-0.1, -0.05) is 134 Å². The van der Waals surface area contributed by atoms with E-state index in [4.69, 9.17) is 17.0 Å². The van der Waals surface area contributed by atoms with Crippen molar-refractivity contribution < 1.29 is 18.0 Å². The Labute approximate surface area is 345 Å². The standard InChI is InChI=1S/2C25H19.C2H6Si.2ClH.Zr/c2*1-2-17-14-18-10-7-13-23(24(18)15-17)25-21-11-5-3-8-19(21)16-20-9-4-6-12-22(20)25;1-3-2;;;/h2*3-16H,2H2,1H3;1-2H3;2*1H;/q2*-1;;;;+2/p-2. The van der Waals surface area contributed by atoms with Gasteiger partial charge in [0.25, 0.3) is 0 Å². The number of benzene rings is 8. The molecule has 10 aromatic carbocycles. The summed E-state index contributed by atoms with van der Waals surface area (Å²) in [4.78, 5) is 0. The molecule has 0 aliphatic rings. The van der Waals surface area contributed by atoms with Gasteiger partial charge in [-0.15, -0.1) is 69.1 Å². The molecule has 0 nitrogen and oxygen atoms in total. The Balaban J connectivity index is 0.000000138. The Kier molecular flexibility index (Phi) is 11.7. The summed E-state index contributed by atoms with van der Waals surface area (Å²) in [5, 5.41) is 15.9. The molecule has 0 unspecified atom stereocenters. The number of aryl methyl sites for hydroxylation is 2. The van der Waals surface area contributed by atoms with Gasteiger partial charge in [-0.2, -0.15) is 12.1 Å². The average Bonchev–Trinajstić information content (AvgIpc) is 3.87. The van der Waals surface area contributed by atoms with Crippen molar-refractivity contribution in [3.63, 3.8) is 0 Å². The second-order valence-corrected chi connectivity index (χ2v) is 37.7. The van der Waals surface area contributed by atoms with Crippen LogP contribution >= 0.6 is 17.0 Å². The molecule has 10 rings (SSSR count). The van der Waals surface area contributed by atoms with Crippen molar-refractivity contribution in [1.82, 2.24) is 0 Å². The van der Waals surface area contributed by atoms with Crippen LogP contribution in [0.4, 0.5) is 0 Å². The van der Waals surface area contributed by atoms with Crippen molar-refractivity contribution in [3.05, 3.63) is 181 Å². The van der Waals surface area contributed by atoms with E-state index in [1.54, 1.807) is 0 Å². The van der Waals surface area contributed by atoms with Gasteiger partial charge in [-0.05, 0) is 79.2 Å². The van der Waals surface area contributed by atoms with Crippen LogP contribution in [0.1, 0.15) is 25.0 Å². The molecular weight excluding hydrogens is 815 g/mol. The molecule has 0 saturated carbocycles. The molecule has 0 aliphatic heterocycles. The van der Waals surface area contributed by atoms with Crippen LogP contribution in [0, 0.1) is 0 Å². The normalized spacial score (nSPS) is 11.2. The van der Waals surface area contributed by atoms with Gasteiger partial charge in [0, 0.05) is 0 Å². The molecule has 0 fully saturated rings. The molecule has 0 amide bonds. The molecule has 0 aliphatic carbocycles. The van der Waals surface area contributed by atoms with Crippen LogP contribution in [0.25, 0.3) is 86.9 Å². The summed E-state index contributed by atoms with van der Waals surface area (Å²) in [6, 6.07) is 62.3. The van der Waals surface area contributed by atoms with E-state index in [0.717, 1.165) is 12.8 Å². The van der Waals surface area contributed by atoms with Gasteiger partial charge in [0.05, 0.1) is 0 Å². The number of hydrogen-bond acceptors (Lipinski definition) is 0. The van der Waals surface area contributed by atoms with Crippen LogP contribution in [0.15, 0.2) is 170 Å². The zero-order valence-electron chi connectivity index (χ0n) is 32.3. The topological polar surface area (TPSA) is 0 Å². The monoisotopic (exact) mass is 856 g/mol. The van der Waals surface area contributed by atoms with Crippen LogP contribution in [-0.2, 0) is 30.8 Å². The molecule has 4 heteroatoms. The van der Waals surface area contributed by atoms with Crippen molar-refractivity contribution in [3.8, 4) is 22.3 Å². The number of halogens is 2.